The van der Waals surface area contributed by atoms with Crippen molar-refractivity contribution in [3.05, 3.63) is 35.0 Å². The van der Waals surface area contributed by atoms with E-state index in [0.29, 0.717) is 24.8 Å². The summed E-state index contributed by atoms with van der Waals surface area (Å²) in [6, 6.07) is 2.01. The number of alkyl halides is 3. The molecule has 0 saturated heterocycles. The summed E-state index contributed by atoms with van der Waals surface area (Å²) in [7, 11) is 0. The van der Waals surface area contributed by atoms with E-state index in [2.05, 4.69) is 39.3 Å². The SMILES string of the molecule is Cc1nc2c(c(NC(C)C)n1)CCN(C(=O)c1ccn[nH]1)CC2.O=C(O)C(F)(F)F. The molecule has 0 spiro atoms. The van der Waals surface area contributed by atoms with Crippen molar-refractivity contribution in [1.82, 2.24) is 25.1 Å². The molecule has 1 aliphatic heterocycles. The number of nitrogens with zero attached hydrogens (tertiary/aromatic N) is 4. The Kier molecular flexibility index (Phi) is 7.35. The Morgan fingerprint density at radius 3 is 2.40 bits per heavy atom. The number of H-pyrrole nitrogens is 1. The minimum absolute atomic E-state index is 0.0154. The van der Waals surface area contributed by atoms with Gasteiger partial charge in [-0.15, -0.1) is 0 Å². The third kappa shape index (κ3) is 6.16. The monoisotopic (exact) mass is 428 g/mol. The quantitative estimate of drug-likeness (QED) is 0.685. The molecule has 164 valence electrons. The smallest absolute Gasteiger partial charge is 0.475 e. The van der Waals surface area contributed by atoms with E-state index in [4.69, 9.17) is 9.90 Å². The fraction of sp³-hybridized carbons (Fsp3) is 0.500. The zero-order valence-corrected chi connectivity index (χ0v) is 16.7. The zero-order chi connectivity index (χ0) is 22.5. The van der Waals surface area contributed by atoms with E-state index < -0.39 is 12.1 Å². The Morgan fingerprint density at radius 2 is 1.87 bits per heavy atom. The number of aromatic amines is 1. The highest BCUT2D eigenvalue weighted by atomic mass is 19.4. The highest BCUT2D eigenvalue weighted by Crippen LogP contribution is 2.22. The van der Waals surface area contributed by atoms with Crippen molar-refractivity contribution in [3.8, 4) is 0 Å². The van der Waals surface area contributed by atoms with Crippen LogP contribution in [-0.4, -0.2) is 67.4 Å². The van der Waals surface area contributed by atoms with E-state index in [1.807, 2.05) is 11.8 Å². The van der Waals surface area contributed by atoms with Crippen LogP contribution in [0.15, 0.2) is 12.3 Å². The molecular weight excluding hydrogens is 405 g/mol. The van der Waals surface area contributed by atoms with Gasteiger partial charge in [0.05, 0.1) is 5.69 Å². The predicted octanol–water partition coefficient (Wildman–Crippen LogP) is 2.20. The van der Waals surface area contributed by atoms with E-state index >= 15 is 0 Å². The Hall–Kier alpha value is -3.18. The Labute approximate surface area is 170 Å². The lowest BCUT2D eigenvalue weighted by atomic mass is 10.1. The molecule has 1 amide bonds. The normalized spacial score (nSPS) is 13.8. The van der Waals surface area contributed by atoms with Crippen molar-refractivity contribution in [2.75, 3.05) is 18.4 Å². The number of carbonyl (C=O) groups excluding carboxylic acids is 1. The van der Waals surface area contributed by atoms with E-state index in [1.165, 1.54) is 0 Å². The number of carbonyl (C=O) groups is 2. The maximum atomic E-state index is 12.5. The second kappa shape index (κ2) is 9.55. The van der Waals surface area contributed by atoms with Gasteiger partial charge in [-0.25, -0.2) is 14.8 Å². The summed E-state index contributed by atoms with van der Waals surface area (Å²) in [6.45, 7) is 7.40. The van der Waals surface area contributed by atoms with Gasteiger partial charge in [-0.1, -0.05) is 0 Å². The number of hydrogen-bond acceptors (Lipinski definition) is 6. The molecule has 30 heavy (non-hydrogen) atoms. The van der Waals surface area contributed by atoms with Crippen molar-refractivity contribution in [1.29, 1.82) is 0 Å². The molecule has 0 aliphatic carbocycles. The number of hydrogen-bond donors (Lipinski definition) is 3. The van der Waals surface area contributed by atoms with Crippen LogP contribution in [0.4, 0.5) is 19.0 Å². The average Bonchev–Trinajstić information content (AvgIpc) is 3.08. The lowest BCUT2D eigenvalue weighted by Crippen LogP contribution is -2.33. The zero-order valence-electron chi connectivity index (χ0n) is 16.7. The van der Waals surface area contributed by atoms with Gasteiger partial charge in [0.2, 0.25) is 0 Å². The van der Waals surface area contributed by atoms with Crippen LogP contribution in [0.25, 0.3) is 0 Å². The third-order valence-electron chi connectivity index (χ3n) is 4.14. The summed E-state index contributed by atoms with van der Waals surface area (Å²) in [5.41, 5.74) is 2.70. The number of aliphatic carboxylic acids is 1. The molecule has 0 unspecified atom stereocenters. The van der Waals surface area contributed by atoms with Gasteiger partial charge < -0.3 is 15.3 Å². The van der Waals surface area contributed by atoms with Crippen molar-refractivity contribution >= 4 is 17.7 Å². The van der Waals surface area contributed by atoms with Gasteiger partial charge in [-0.2, -0.15) is 18.3 Å². The van der Waals surface area contributed by atoms with Crippen molar-refractivity contribution in [2.45, 2.75) is 45.8 Å². The highest BCUT2D eigenvalue weighted by Gasteiger charge is 2.38. The fourth-order valence-corrected chi connectivity index (χ4v) is 2.86. The highest BCUT2D eigenvalue weighted by molar-refractivity contribution is 5.92. The predicted molar refractivity (Wildman–Crippen MR) is 101 cm³/mol. The second-order valence-electron chi connectivity index (χ2n) is 6.91. The molecule has 3 heterocycles. The summed E-state index contributed by atoms with van der Waals surface area (Å²) in [4.78, 5) is 32.4. The first-order valence-corrected chi connectivity index (χ1v) is 9.20. The number of aryl methyl sites for hydroxylation is 1. The molecular formula is C18H23F3N6O3. The summed E-state index contributed by atoms with van der Waals surface area (Å²) in [6.07, 6.45) is -1.99. The first-order chi connectivity index (χ1) is 14.0. The number of carboxylic acids is 1. The number of halogens is 3. The topological polar surface area (TPSA) is 124 Å². The maximum Gasteiger partial charge on any atom is 0.490 e. The molecule has 2 aromatic rings. The number of fused-ring (bicyclic) bond motifs is 1. The van der Waals surface area contributed by atoms with E-state index in [1.54, 1.807) is 12.3 Å². The average molecular weight is 428 g/mol. The van der Waals surface area contributed by atoms with Crippen LogP contribution in [0.1, 0.15) is 41.4 Å². The lowest BCUT2D eigenvalue weighted by Gasteiger charge is -2.19. The largest absolute Gasteiger partial charge is 0.490 e. The molecule has 0 aromatic carbocycles. The van der Waals surface area contributed by atoms with Gasteiger partial charge in [-0.05, 0) is 33.3 Å². The van der Waals surface area contributed by atoms with Gasteiger partial charge in [0, 0.05) is 37.3 Å². The molecule has 3 N–H and O–H groups in total. The molecule has 0 fully saturated rings. The fourth-order valence-electron chi connectivity index (χ4n) is 2.86. The van der Waals surface area contributed by atoms with Crippen LogP contribution in [-0.2, 0) is 17.6 Å². The molecule has 0 bridgehead atoms. The number of aromatic nitrogens is 4. The summed E-state index contributed by atoms with van der Waals surface area (Å²) < 4.78 is 31.7. The Morgan fingerprint density at radius 1 is 1.23 bits per heavy atom. The van der Waals surface area contributed by atoms with Crippen molar-refractivity contribution < 1.29 is 27.9 Å². The minimum Gasteiger partial charge on any atom is -0.475 e. The number of amides is 1. The second-order valence-corrected chi connectivity index (χ2v) is 6.91. The Bertz CT molecular complexity index is 884. The van der Waals surface area contributed by atoms with Crippen LogP contribution in [0.2, 0.25) is 0 Å². The van der Waals surface area contributed by atoms with Crippen LogP contribution in [0, 0.1) is 6.92 Å². The molecule has 2 aromatic heterocycles. The molecule has 9 nitrogen and oxygen atoms in total. The molecule has 0 atom stereocenters. The van der Waals surface area contributed by atoms with Crippen LogP contribution in [0.5, 0.6) is 0 Å². The van der Waals surface area contributed by atoms with Crippen molar-refractivity contribution in [2.24, 2.45) is 0 Å². The van der Waals surface area contributed by atoms with Gasteiger partial charge in [0.25, 0.3) is 5.91 Å². The van der Waals surface area contributed by atoms with Crippen molar-refractivity contribution in [3.63, 3.8) is 0 Å². The summed E-state index contributed by atoms with van der Waals surface area (Å²) in [5.74, 6) is -1.11. The van der Waals surface area contributed by atoms with Gasteiger partial charge in [-0.3, -0.25) is 9.89 Å². The number of rotatable bonds is 3. The van der Waals surface area contributed by atoms with Gasteiger partial charge >= 0.3 is 12.1 Å². The molecule has 1 aliphatic rings. The lowest BCUT2D eigenvalue weighted by molar-refractivity contribution is -0.192. The van der Waals surface area contributed by atoms with E-state index in [9.17, 15) is 18.0 Å². The first kappa shape index (κ1) is 23.1. The molecule has 0 radical (unpaired) electrons. The summed E-state index contributed by atoms with van der Waals surface area (Å²) >= 11 is 0. The van der Waals surface area contributed by atoms with Crippen LogP contribution in [0.3, 0.4) is 0 Å². The number of carboxylic acid groups (broad SMARTS) is 1. The van der Waals surface area contributed by atoms with Crippen LogP contribution >= 0.6 is 0 Å². The third-order valence-corrected chi connectivity index (χ3v) is 4.14. The molecule has 0 saturated carbocycles. The number of anilines is 1. The minimum atomic E-state index is -5.08. The molecule has 12 heteroatoms. The first-order valence-electron chi connectivity index (χ1n) is 9.20. The van der Waals surface area contributed by atoms with E-state index in [0.717, 1.165) is 35.7 Å². The molecule has 3 rings (SSSR count). The van der Waals surface area contributed by atoms with Crippen LogP contribution < -0.4 is 5.32 Å². The van der Waals surface area contributed by atoms with Gasteiger partial charge in [0.1, 0.15) is 17.3 Å². The summed E-state index contributed by atoms with van der Waals surface area (Å²) in [5, 5.41) is 17.1. The van der Waals surface area contributed by atoms with Gasteiger partial charge in [0.15, 0.2) is 0 Å². The number of nitrogens with one attached hydrogen (secondary N) is 2. The van der Waals surface area contributed by atoms with E-state index in [-0.39, 0.29) is 5.91 Å². The Balaban J connectivity index is 0.000000396. The maximum absolute atomic E-state index is 12.5. The standard InChI is InChI=1S/C16H22N6O.C2HF3O2/c1-10(2)18-15-12-5-8-22(16(23)14-4-7-17-21-14)9-6-13(12)19-11(3)20-15;3-2(4,5)1(6)7/h4,7,10H,5-6,8-9H2,1-3H3,(H,17,21)(H,18,19,20);(H,6,7).